The van der Waals surface area contributed by atoms with Gasteiger partial charge in [-0.1, -0.05) is 6.07 Å². The van der Waals surface area contributed by atoms with Crippen LogP contribution in [0.2, 0.25) is 0 Å². The Morgan fingerprint density at radius 3 is 1.32 bits per heavy atom. The van der Waals surface area contributed by atoms with Crippen molar-refractivity contribution in [3.63, 3.8) is 0 Å². The van der Waals surface area contributed by atoms with Gasteiger partial charge in [-0.05, 0) is 102 Å². The molecular weight excluding hydrogens is 1100 g/mol. The largest absolute Gasteiger partial charge is 0.372 e. The van der Waals surface area contributed by atoms with E-state index in [-0.39, 0.29) is 5.91 Å². The van der Waals surface area contributed by atoms with E-state index in [0.717, 1.165) is 155 Å². The van der Waals surface area contributed by atoms with Crippen molar-refractivity contribution in [1.82, 2.24) is 85.1 Å². The zero-order valence-electron chi connectivity index (χ0n) is 47.6. The second kappa shape index (κ2) is 24.1. The first kappa shape index (κ1) is 54.2. The van der Waals surface area contributed by atoms with Crippen molar-refractivity contribution < 1.29 is 4.79 Å². The van der Waals surface area contributed by atoms with Crippen LogP contribution >= 0.6 is 0 Å². The Morgan fingerprint density at radius 1 is 0.460 bits per heavy atom. The van der Waals surface area contributed by atoms with E-state index in [1.54, 1.807) is 50.3 Å². The summed E-state index contributed by atoms with van der Waals surface area (Å²) in [5, 5.41) is 38.3. The fourth-order valence-corrected chi connectivity index (χ4v) is 10.5. The van der Waals surface area contributed by atoms with Gasteiger partial charge in [-0.2, -0.15) is 40.1 Å². The molecule has 25 heteroatoms. The molecule has 14 aromatic rings. The summed E-state index contributed by atoms with van der Waals surface area (Å²) in [4.78, 5) is 65.8. The van der Waals surface area contributed by atoms with E-state index in [2.05, 4.69) is 124 Å². The number of carbonyl (C=O) groups is 1. The first-order valence-corrected chi connectivity index (χ1v) is 28.0. The van der Waals surface area contributed by atoms with Gasteiger partial charge >= 0.3 is 0 Å². The summed E-state index contributed by atoms with van der Waals surface area (Å²) in [6.45, 7) is 4.82. The van der Waals surface area contributed by atoms with E-state index in [4.69, 9.17) is 4.98 Å². The minimum Gasteiger partial charge on any atom is -0.372 e. The van der Waals surface area contributed by atoms with E-state index in [9.17, 15) is 4.79 Å². The van der Waals surface area contributed by atoms with E-state index in [1.165, 1.54) is 0 Å². The minimum absolute atomic E-state index is 0.141. The molecule has 1 amide bonds. The van der Waals surface area contributed by atoms with Crippen LogP contribution in [0.5, 0.6) is 0 Å². The lowest BCUT2D eigenvalue weighted by Gasteiger charge is -2.35. The fraction of sp³-hybridized carbons (Fsp3) is 0.129. The Labute approximate surface area is 496 Å². The van der Waals surface area contributed by atoms with Crippen molar-refractivity contribution in [2.24, 2.45) is 0 Å². The number of amides is 1. The molecular formula is C62H58N24O. The van der Waals surface area contributed by atoms with Crippen LogP contribution in [0.15, 0.2) is 165 Å². The minimum atomic E-state index is 0.141. The summed E-state index contributed by atoms with van der Waals surface area (Å²) >= 11 is 0. The van der Waals surface area contributed by atoms with Gasteiger partial charge in [-0.3, -0.25) is 29.9 Å². The Kier molecular flexibility index (Phi) is 15.0. The van der Waals surface area contributed by atoms with E-state index < -0.39 is 0 Å². The van der Waals surface area contributed by atoms with Crippen LogP contribution in [-0.4, -0.2) is 138 Å². The van der Waals surface area contributed by atoms with Crippen LogP contribution in [0.25, 0.3) is 88.3 Å². The number of fused-ring (bicyclic) bond motifs is 5. The summed E-state index contributed by atoms with van der Waals surface area (Å²) in [5.74, 6) is 3.90. The van der Waals surface area contributed by atoms with Gasteiger partial charge in [0, 0.05) is 166 Å². The molecule has 0 radical (unpaired) electrons. The number of H-pyrrole nitrogens is 5. The van der Waals surface area contributed by atoms with Crippen LogP contribution in [-0.2, 0) is 4.79 Å². The highest BCUT2D eigenvalue weighted by Crippen LogP contribution is 2.37. The standard InChI is InChI=1S/C24H26N8O.2C19H16N8/c1-16(33)31-11-13-32(14-12-31)19-5-3-18(4-6-19)28-24-29-22(25-2)21-20(15-27-23(21)30-24)17-7-9-26-10-8-17;1-20-17-16-14(11-4-6-21-7-5-11)10-22-18(16)26-19(25-17)24-13-3-2-12-9-23-27-15(12)8-13;1-20-17-16-14(11-3-2-6-21-8-11)10-22-18(16)26-19(25-17)24-13-5-4-12-9-23-27-15(12)7-13/h3-10,15H,11-14H2,1-2H3,(H3,25,27,28,29,30);2*2-10H,1H3,(H,23,27)(H3,20,22,24,25,26). The third-order valence-electron chi connectivity index (χ3n) is 14.9. The highest BCUT2D eigenvalue weighted by molar-refractivity contribution is 6.04. The maximum absolute atomic E-state index is 11.5. The van der Waals surface area contributed by atoms with Crippen LogP contribution in [0, 0.1) is 0 Å². The molecule has 0 unspecified atom stereocenters. The van der Waals surface area contributed by atoms with Crippen molar-refractivity contribution >= 4 is 119 Å². The normalized spacial score (nSPS) is 12.2. The third kappa shape index (κ3) is 11.4. The average Bonchev–Trinajstić information content (AvgIpc) is 2.95. The highest BCUT2D eigenvalue weighted by atomic mass is 16.2. The molecule has 0 spiro atoms. The SMILES string of the molecule is CNc1nc(Nc2ccc(N3CCN(C(C)=O)CC3)cc2)nc2[nH]cc(-c3ccncc3)c12.CNc1nc(Nc2ccc3cn[nH]c3c2)nc2[nH]cc(-c3cccnc3)c12.CNc1nc(Nc2ccc3cn[nH]c3c2)nc2[nH]cc(-c3ccncc3)c12. The molecule has 1 fully saturated rings. The van der Waals surface area contributed by atoms with E-state index >= 15 is 0 Å². The predicted molar refractivity (Wildman–Crippen MR) is 343 cm³/mol. The fourth-order valence-electron chi connectivity index (χ4n) is 10.5. The van der Waals surface area contributed by atoms with Gasteiger partial charge in [-0.15, -0.1) is 0 Å². The second-order valence-corrected chi connectivity index (χ2v) is 20.2. The summed E-state index contributed by atoms with van der Waals surface area (Å²) in [6, 6.07) is 31.9. The number of piperazine rings is 1. The van der Waals surface area contributed by atoms with Gasteiger partial charge < -0.3 is 56.7 Å². The summed E-state index contributed by atoms with van der Waals surface area (Å²) in [5.41, 5.74) is 14.2. The number of hydrogen-bond donors (Lipinski definition) is 11. The van der Waals surface area contributed by atoms with Gasteiger partial charge in [0.1, 0.15) is 34.4 Å². The number of anilines is 10. The summed E-state index contributed by atoms with van der Waals surface area (Å²) < 4.78 is 0. The van der Waals surface area contributed by atoms with Crippen molar-refractivity contribution in [2.75, 3.05) is 84.1 Å². The van der Waals surface area contributed by atoms with Crippen molar-refractivity contribution in [3.05, 3.63) is 165 Å². The molecule has 87 heavy (non-hydrogen) atoms. The van der Waals surface area contributed by atoms with Crippen molar-refractivity contribution in [2.45, 2.75) is 6.92 Å². The van der Waals surface area contributed by atoms with Gasteiger partial charge in [0.15, 0.2) is 0 Å². The Morgan fingerprint density at radius 2 is 0.897 bits per heavy atom. The van der Waals surface area contributed by atoms with Crippen LogP contribution in [0.4, 0.5) is 58.0 Å². The number of nitrogens with one attached hydrogen (secondary N) is 11. The molecule has 11 N–H and O–H groups in total. The molecule has 25 nitrogen and oxygen atoms in total. The van der Waals surface area contributed by atoms with Gasteiger partial charge in [-0.25, -0.2) is 0 Å². The average molecular weight is 1160 g/mol. The molecule has 0 saturated carbocycles. The smallest absolute Gasteiger partial charge is 0.231 e. The van der Waals surface area contributed by atoms with Gasteiger partial charge in [0.25, 0.3) is 0 Å². The Balaban J connectivity index is 0.000000122. The number of hydrogen-bond acceptors (Lipinski definition) is 19. The number of aromatic nitrogens is 16. The number of pyridine rings is 3. The lowest BCUT2D eigenvalue weighted by molar-refractivity contribution is -0.129. The number of carbonyl (C=O) groups excluding carboxylic acids is 1. The van der Waals surface area contributed by atoms with Gasteiger partial charge in [0.05, 0.1) is 39.6 Å². The number of aromatic amines is 5. The predicted octanol–water partition coefficient (Wildman–Crippen LogP) is 10.8. The first-order chi connectivity index (χ1) is 42.7. The quantitative estimate of drug-likeness (QED) is 0.0511. The molecule has 432 valence electrons. The van der Waals surface area contributed by atoms with Crippen LogP contribution in [0.1, 0.15) is 6.92 Å². The molecule has 1 aliphatic rings. The zero-order chi connectivity index (χ0) is 59.2. The van der Waals surface area contributed by atoms with Crippen LogP contribution in [0.3, 0.4) is 0 Å². The Hall–Kier alpha value is -12.0. The maximum Gasteiger partial charge on any atom is 0.231 e. The molecule has 0 aliphatic carbocycles. The molecule has 0 bridgehead atoms. The van der Waals surface area contributed by atoms with Crippen LogP contribution < -0.4 is 36.8 Å². The van der Waals surface area contributed by atoms with E-state index in [0.29, 0.717) is 17.8 Å². The summed E-state index contributed by atoms with van der Waals surface area (Å²) in [7, 11) is 5.56. The highest BCUT2D eigenvalue weighted by Gasteiger charge is 2.21. The molecule has 1 aliphatic heterocycles. The third-order valence-corrected chi connectivity index (χ3v) is 14.9. The second-order valence-electron chi connectivity index (χ2n) is 20.2. The molecule has 0 atom stereocenters. The Bertz CT molecular complexity index is 4490. The monoisotopic (exact) mass is 1150 g/mol. The molecule has 3 aromatic carbocycles. The zero-order valence-corrected chi connectivity index (χ0v) is 47.6. The summed E-state index contributed by atoms with van der Waals surface area (Å²) in [6.07, 6.45) is 20.1. The topological polar surface area (TPSA) is 316 Å². The van der Waals surface area contributed by atoms with Crippen molar-refractivity contribution in [1.29, 1.82) is 0 Å². The number of nitrogens with zero attached hydrogens (tertiary/aromatic N) is 13. The lowest BCUT2D eigenvalue weighted by Crippen LogP contribution is -2.48. The molecule has 15 rings (SSSR count). The molecule has 11 aromatic heterocycles. The number of benzene rings is 3. The maximum atomic E-state index is 11.5. The first-order valence-electron chi connectivity index (χ1n) is 28.0. The lowest BCUT2D eigenvalue weighted by atomic mass is 10.1. The van der Waals surface area contributed by atoms with Gasteiger partial charge in [0.2, 0.25) is 23.8 Å². The van der Waals surface area contributed by atoms with Crippen molar-refractivity contribution in [3.8, 4) is 33.4 Å². The molecule has 12 heterocycles. The van der Waals surface area contributed by atoms with E-state index in [1.807, 2.05) is 136 Å². The molecule has 1 saturated heterocycles. The number of rotatable bonds is 13.